The molecule has 2 aliphatic rings. The number of benzene rings is 1. The van der Waals surface area contributed by atoms with Gasteiger partial charge in [0.15, 0.2) is 5.82 Å². The maximum atomic E-state index is 11.9. The number of nitrogens with two attached hydrogens (primary N) is 1. The van der Waals surface area contributed by atoms with Crippen molar-refractivity contribution in [3.05, 3.63) is 51.0 Å². The summed E-state index contributed by atoms with van der Waals surface area (Å²) in [5, 5.41) is 9.94. The number of primary amides is 1. The van der Waals surface area contributed by atoms with Crippen LogP contribution in [0.4, 0.5) is 0 Å². The molecule has 1 aromatic carbocycles. The van der Waals surface area contributed by atoms with Gasteiger partial charge in [0.2, 0.25) is 0 Å². The fraction of sp³-hybridized carbons (Fsp3) is 0.500. The van der Waals surface area contributed by atoms with Crippen LogP contribution in [0, 0.1) is 12.3 Å². The van der Waals surface area contributed by atoms with E-state index in [4.69, 9.17) is 10.5 Å². The minimum absolute atomic E-state index is 0.0926. The van der Waals surface area contributed by atoms with E-state index in [1.54, 1.807) is 0 Å². The zero-order valence-electron chi connectivity index (χ0n) is 16.1. The number of aliphatic hydroxyl groups is 1. The average Bonchev–Trinajstić information content (AvgIpc) is 2.98. The molecule has 28 heavy (non-hydrogen) atoms. The highest BCUT2D eigenvalue weighted by Crippen LogP contribution is 2.40. The third-order valence-corrected chi connectivity index (χ3v) is 6.88. The highest BCUT2D eigenvalue weighted by Gasteiger charge is 2.44. The molecule has 0 bridgehead atoms. The van der Waals surface area contributed by atoms with E-state index >= 15 is 0 Å². The van der Waals surface area contributed by atoms with Gasteiger partial charge in [0, 0.05) is 36.7 Å². The highest BCUT2D eigenvalue weighted by atomic mass is 79.9. The number of ether oxygens (including phenoxy) is 1. The van der Waals surface area contributed by atoms with Gasteiger partial charge in [0.25, 0.3) is 5.91 Å². The molecular weight excluding hydrogens is 424 g/mol. The molecule has 0 spiro atoms. The predicted molar refractivity (Wildman–Crippen MR) is 108 cm³/mol. The number of aliphatic hydroxyl groups excluding tert-OH is 1. The van der Waals surface area contributed by atoms with E-state index in [1.807, 2.05) is 23.7 Å². The molecule has 2 aromatic rings. The standard InChI is InChI=1S/C20H25BrN4O3/c1-12-13(4-3-5-14(12)21)17-16-15(24(2)19(23-16)18(22)27)6-7-25(17)8-20(9-26)10-28-11-20/h3-5,17,26H,6-11H2,1-2H3,(H2,22,27). The molecule has 1 aromatic heterocycles. The number of halogens is 1. The summed E-state index contributed by atoms with van der Waals surface area (Å²) in [4.78, 5) is 18.9. The SMILES string of the molecule is Cc1c(Br)cccc1C1c2nc(C(N)=O)n(C)c2CCN1CC1(CO)COC1. The Labute approximate surface area is 172 Å². The molecule has 7 nitrogen and oxygen atoms in total. The van der Waals surface area contributed by atoms with Gasteiger partial charge >= 0.3 is 0 Å². The highest BCUT2D eigenvalue weighted by molar-refractivity contribution is 9.10. The molecule has 0 radical (unpaired) electrons. The lowest BCUT2D eigenvalue weighted by atomic mass is 9.83. The Hall–Kier alpha value is -1.74. The molecule has 3 N–H and O–H groups in total. The summed E-state index contributed by atoms with van der Waals surface area (Å²) in [6.45, 7) is 4.82. The monoisotopic (exact) mass is 448 g/mol. The summed E-state index contributed by atoms with van der Waals surface area (Å²) >= 11 is 3.64. The zero-order chi connectivity index (χ0) is 20.1. The topological polar surface area (TPSA) is 93.6 Å². The summed E-state index contributed by atoms with van der Waals surface area (Å²) in [7, 11) is 1.85. The number of carbonyl (C=O) groups is 1. The summed E-state index contributed by atoms with van der Waals surface area (Å²) in [5.74, 6) is -0.235. The molecule has 150 valence electrons. The van der Waals surface area contributed by atoms with E-state index in [-0.39, 0.29) is 23.9 Å². The quantitative estimate of drug-likeness (QED) is 0.723. The van der Waals surface area contributed by atoms with Crippen LogP contribution in [-0.2, 0) is 18.2 Å². The Morgan fingerprint density at radius 2 is 2.21 bits per heavy atom. The second-order valence-corrected chi connectivity index (χ2v) is 8.77. The van der Waals surface area contributed by atoms with Crippen molar-refractivity contribution in [3.63, 3.8) is 0 Å². The Kier molecular flexibility index (Phi) is 5.07. The predicted octanol–water partition coefficient (Wildman–Crippen LogP) is 1.55. The molecule has 0 aliphatic carbocycles. The van der Waals surface area contributed by atoms with Gasteiger partial charge in [-0.3, -0.25) is 9.69 Å². The van der Waals surface area contributed by atoms with Crippen LogP contribution in [0.3, 0.4) is 0 Å². The molecular formula is C20H25BrN4O3. The molecule has 2 aliphatic heterocycles. The van der Waals surface area contributed by atoms with Crippen molar-refractivity contribution in [2.24, 2.45) is 18.2 Å². The van der Waals surface area contributed by atoms with E-state index in [2.05, 4.69) is 38.8 Å². The van der Waals surface area contributed by atoms with Gasteiger partial charge < -0.3 is 20.1 Å². The van der Waals surface area contributed by atoms with Crippen molar-refractivity contribution < 1.29 is 14.6 Å². The van der Waals surface area contributed by atoms with Crippen molar-refractivity contribution >= 4 is 21.8 Å². The first-order valence-electron chi connectivity index (χ1n) is 9.40. The summed E-state index contributed by atoms with van der Waals surface area (Å²) in [6.07, 6.45) is 0.776. The Morgan fingerprint density at radius 3 is 2.82 bits per heavy atom. The number of hydrogen-bond acceptors (Lipinski definition) is 5. The van der Waals surface area contributed by atoms with Crippen LogP contribution in [-0.4, -0.2) is 58.4 Å². The van der Waals surface area contributed by atoms with Crippen LogP contribution in [0.5, 0.6) is 0 Å². The van der Waals surface area contributed by atoms with Crippen molar-refractivity contribution in [1.82, 2.24) is 14.5 Å². The van der Waals surface area contributed by atoms with Gasteiger partial charge in [-0.05, 0) is 24.1 Å². The molecule has 4 rings (SSSR count). The third kappa shape index (κ3) is 3.08. The van der Waals surface area contributed by atoms with Crippen molar-refractivity contribution in [1.29, 1.82) is 0 Å². The fourth-order valence-corrected chi connectivity index (χ4v) is 4.71. The van der Waals surface area contributed by atoms with Crippen LogP contribution in [0.15, 0.2) is 22.7 Å². The van der Waals surface area contributed by atoms with Gasteiger partial charge in [-0.2, -0.15) is 0 Å². The van der Waals surface area contributed by atoms with Gasteiger partial charge in [-0.15, -0.1) is 0 Å². The lowest BCUT2D eigenvalue weighted by molar-refractivity contribution is -0.151. The Bertz CT molecular complexity index is 917. The van der Waals surface area contributed by atoms with Crippen LogP contribution in [0.2, 0.25) is 0 Å². The number of imidazole rings is 1. The van der Waals surface area contributed by atoms with E-state index < -0.39 is 5.91 Å². The second kappa shape index (κ2) is 7.26. The second-order valence-electron chi connectivity index (χ2n) is 7.92. The van der Waals surface area contributed by atoms with Gasteiger partial charge in [-0.1, -0.05) is 28.1 Å². The first-order valence-corrected chi connectivity index (χ1v) is 10.2. The van der Waals surface area contributed by atoms with Crippen molar-refractivity contribution in [3.8, 4) is 0 Å². The van der Waals surface area contributed by atoms with E-state index in [1.165, 1.54) is 0 Å². The van der Waals surface area contributed by atoms with E-state index in [0.29, 0.717) is 19.8 Å². The fourth-order valence-electron chi connectivity index (χ4n) is 4.33. The molecule has 1 fully saturated rings. The van der Waals surface area contributed by atoms with Crippen molar-refractivity contribution in [2.45, 2.75) is 19.4 Å². The molecule has 1 atom stereocenters. The lowest BCUT2D eigenvalue weighted by Crippen LogP contribution is -2.55. The minimum atomic E-state index is -0.521. The Morgan fingerprint density at radius 1 is 1.46 bits per heavy atom. The summed E-state index contributed by atoms with van der Waals surface area (Å²) in [5.41, 5.74) is 9.51. The molecule has 1 saturated heterocycles. The van der Waals surface area contributed by atoms with Crippen LogP contribution < -0.4 is 5.73 Å². The van der Waals surface area contributed by atoms with Crippen molar-refractivity contribution in [2.75, 3.05) is 32.9 Å². The van der Waals surface area contributed by atoms with Gasteiger partial charge in [-0.25, -0.2) is 4.98 Å². The normalized spacial score (nSPS) is 21.2. The third-order valence-electron chi connectivity index (χ3n) is 6.02. The molecule has 1 amide bonds. The summed E-state index contributed by atoms with van der Waals surface area (Å²) < 4.78 is 8.26. The average molecular weight is 449 g/mol. The number of rotatable bonds is 5. The van der Waals surface area contributed by atoms with Gasteiger partial charge in [0.05, 0.1) is 37.0 Å². The molecule has 0 saturated carbocycles. The Balaban J connectivity index is 1.83. The number of hydrogen-bond donors (Lipinski definition) is 2. The number of amides is 1. The zero-order valence-corrected chi connectivity index (χ0v) is 17.7. The minimum Gasteiger partial charge on any atom is -0.396 e. The van der Waals surface area contributed by atoms with E-state index in [9.17, 15) is 9.90 Å². The number of carbonyl (C=O) groups excluding carboxylic acids is 1. The number of aromatic nitrogens is 2. The molecule has 1 unspecified atom stereocenters. The largest absolute Gasteiger partial charge is 0.396 e. The molecule has 3 heterocycles. The van der Waals surface area contributed by atoms with E-state index in [0.717, 1.165) is 40.0 Å². The first kappa shape index (κ1) is 19.6. The van der Waals surface area contributed by atoms with Crippen LogP contribution in [0.1, 0.15) is 39.2 Å². The maximum Gasteiger partial charge on any atom is 0.284 e. The smallest absolute Gasteiger partial charge is 0.284 e. The summed E-state index contributed by atoms with van der Waals surface area (Å²) in [6, 6.07) is 6.04. The number of fused-ring (bicyclic) bond motifs is 1. The lowest BCUT2D eigenvalue weighted by Gasteiger charge is -2.46. The van der Waals surface area contributed by atoms with Gasteiger partial charge in [0.1, 0.15) is 0 Å². The van der Waals surface area contributed by atoms with Crippen LogP contribution in [0.25, 0.3) is 0 Å². The number of nitrogens with zero attached hydrogens (tertiary/aromatic N) is 3. The first-order chi connectivity index (χ1) is 13.4. The maximum absolute atomic E-state index is 11.9. The van der Waals surface area contributed by atoms with Crippen LogP contribution >= 0.6 is 15.9 Å². The molecule has 8 heteroatoms.